The first kappa shape index (κ1) is 21.3. The molecule has 1 unspecified atom stereocenters. The number of aldehydes is 1. The van der Waals surface area contributed by atoms with Crippen molar-refractivity contribution in [2.24, 2.45) is 0 Å². The fraction of sp³-hybridized carbons (Fsp3) is 0.286. The SMILES string of the molecule is CC.COCc1c(C(O)C=O)cc2n(c1=O)Cc1cc3c([N+](=O)[O-])cccc3nc1-2. The second kappa shape index (κ2) is 8.52. The van der Waals surface area contributed by atoms with Gasteiger partial charge < -0.3 is 19.2 Å². The Morgan fingerprint density at radius 2 is 2.10 bits per heavy atom. The Balaban J connectivity index is 0.00000124. The smallest absolute Gasteiger partial charge is 0.278 e. The normalized spacial score (nSPS) is 12.5. The summed E-state index contributed by atoms with van der Waals surface area (Å²) in [6.07, 6.45) is -1.12. The Labute approximate surface area is 171 Å². The highest BCUT2D eigenvalue weighted by molar-refractivity contribution is 5.91. The van der Waals surface area contributed by atoms with Gasteiger partial charge in [-0.3, -0.25) is 14.9 Å². The van der Waals surface area contributed by atoms with Gasteiger partial charge in [0.25, 0.3) is 11.2 Å². The van der Waals surface area contributed by atoms with E-state index in [1.165, 1.54) is 17.7 Å². The van der Waals surface area contributed by atoms with E-state index < -0.39 is 16.6 Å². The molecule has 1 aliphatic rings. The second-order valence-corrected chi connectivity index (χ2v) is 6.47. The van der Waals surface area contributed by atoms with Crippen molar-refractivity contribution in [3.63, 3.8) is 0 Å². The van der Waals surface area contributed by atoms with Crippen molar-refractivity contribution in [2.45, 2.75) is 33.1 Å². The zero-order valence-electron chi connectivity index (χ0n) is 16.8. The summed E-state index contributed by atoms with van der Waals surface area (Å²) in [5, 5.41) is 21.7. The number of aliphatic hydroxyl groups is 1. The Morgan fingerprint density at radius 1 is 1.37 bits per heavy atom. The van der Waals surface area contributed by atoms with Crippen LogP contribution >= 0.6 is 0 Å². The molecule has 4 rings (SSSR count). The van der Waals surface area contributed by atoms with Gasteiger partial charge in [-0.05, 0) is 18.2 Å². The van der Waals surface area contributed by atoms with Crippen LogP contribution in [0.2, 0.25) is 0 Å². The number of aromatic nitrogens is 2. The van der Waals surface area contributed by atoms with Crippen LogP contribution in [0.3, 0.4) is 0 Å². The highest BCUT2D eigenvalue weighted by Crippen LogP contribution is 2.35. The monoisotopic (exact) mass is 411 g/mol. The summed E-state index contributed by atoms with van der Waals surface area (Å²) in [5.74, 6) is 0. The van der Waals surface area contributed by atoms with Crippen molar-refractivity contribution in [1.82, 2.24) is 9.55 Å². The molecule has 9 heteroatoms. The number of hydrogen-bond acceptors (Lipinski definition) is 7. The van der Waals surface area contributed by atoms with Crippen molar-refractivity contribution >= 4 is 22.9 Å². The van der Waals surface area contributed by atoms with Crippen LogP contribution in [0.4, 0.5) is 5.69 Å². The van der Waals surface area contributed by atoms with Crippen LogP contribution in [-0.2, 0) is 22.7 Å². The lowest BCUT2D eigenvalue weighted by Crippen LogP contribution is -2.26. The van der Waals surface area contributed by atoms with Crippen molar-refractivity contribution in [3.8, 4) is 11.4 Å². The summed E-state index contributed by atoms with van der Waals surface area (Å²) >= 11 is 0. The molecule has 0 aliphatic carbocycles. The van der Waals surface area contributed by atoms with Crippen LogP contribution in [0.15, 0.2) is 35.1 Å². The zero-order chi connectivity index (χ0) is 22.0. The lowest BCUT2D eigenvalue weighted by Gasteiger charge is -2.14. The summed E-state index contributed by atoms with van der Waals surface area (Å²) in [6, 6.07) is 7.82. The number of aliphatic hydroxyl groups excluding tert-OH is 1. The van der Waals surface area contributed by atoms with E-state index >= 15 is 0 Å². The molecular weight excluding hydrogens is 390 g/mol. The molecule has 30 heavy (non-hydrogen) atoms. The third kappa shape index (κ3) is 3.38. The predicted octanol–water partition coefficient (Wildman–Crippen LogP) is 2.74. The number of rotatable bonds is 5. The Hall–Kier alpha value is -3.43. The van der Waals surface area contributed by atoms with Gasteiger partial charge in [-0.1, -0.05) is 19.9 Å². The quantitative estimate of drug-likeness (QED) is 0.304. The highest BCUT2D eigenvalue weighted by atomic mass is 16.6. The average Bonchev–Trinajstić information content (AvgIpc) is 3.12. The van der Waals surface area contributed by atoms with Gasteiger partial charge >= 0.3 is 0 Å². The van der Waals surface area contributed by atoms with Gasteiger partial charge in [0.2, 0.25) is 0 Å². The first-order chi connectivity index (χ1) is 14.5. The number of fused-ring (bicyclic) bond motifs is 4. The maximum absolute atomic E-state index is 12.9. The molecule has 1 N–H and O–H groups in total. The molecular formula is C21H21N3O6. The van der Waals surface area contributed by atoms with E-state index in [-0.39, 0.29) is 30.0 Å². The van der Waals surface area contributed by atoms with Gasteiger partial charge in [0.1, 0.15) is 6.10 Å². The van der Waals surface area contributed by atoms with Crippen LogP contribution in [0.25, 0.3) is 22.3 Å². The third-order valence-corrected chi connectivity index (χ3v) is 4.85. The number of pyridine rings is 2. The topological polar surface area (TPSA) is 125 Å². The Bertz CT molecular complexity index is 1200. The van der Waals surface area contributed by atoms with Crippen molar-refractivity contribution in [3.05, 3.63) is 67.5 Å². The average molecular weight is 411 g/mol. The molecule has 1 aromatic carbocycles. The fourth-order valence-electron chi connectivity index (χ4n) is 3.58. The summed E-state index contributed by atoms with van der Waals surface area (Å²) in [6.45, 7) is 4.13. The van der Waals surface area contributed by atoms with Gasteiger partial charge in [-0.25, -0.2) is 4.98 Å². The molecule has 3 heterocycles. The molecule has 0 spiro atoms. The van der Waals surface area contributed by atoms with Crippen LogP contribution in [0.5, 0.6) is 0 Å². The zero-order valence-corrected chi connectivity index (χ0v) is 16.8. The molecule has 0 amide bonds. The highest BCUT2D eigenvalue weighted by Gasteiger charge is 2.28. The maximum atomic E-state index is 12.9. The summed E-state index contributed by atoms with van der Waals surface area (Å²) in [5.41, 5.74) is 1.92. The Kier molecular flexibility index (Phi) is 6.04. The van der Waals surface area contributed by atoms with Crippen molar-refractivity contribution in [1.29, 1.82) is 0 Å². The molecule has 1 aliphatic heterocycles. The van der Waals surface area contributed by atoms with Crippen LogP contribution in [-0.4, -0.2) is 33.0 Å². The summed E-state index contributed by atoms with van der Waals surface area (Å²) in [7, 11) is 1.41. The molecule has 1 atom stereocenters. The molecule has 3 aromatic rings. The largest absolute Gasteiger partial charge is 0.381 e. The molecule has 156 valence electrons. The molecule has 9 nitrogen and oxygen atoms in total. The molecule has 0 saturated heterocycles. The number of hydrogen-bond donors (Lipinski definition) is 1. The molecule has 0 radical (unpaired) electrons. The Morgan fingerprint density at radius 3 is 2.73 bits per heavy atom. The fourth-order valence-corrected chi connectivity index (χ4v) is 3.58. The number of nitro groups is 1. The van der Waals surface area contributed by atoms with E-state index in [9.17, 15) is 24.8 Å². The molecule has 0 bridgehead atoms. The van der Waals surface area contributed by atoms with Gasteiger partial charge in [0.05, 0.1) is 40.4 Å². The van der Waals surface area contributed by atoms with Gasteiger partial charge in [0, 0.05) is 29.9 Å². The number of nitrogens with zero attached hydrogens (tertiary/aromatic N) is 3. The third-order valence-electron chi connectivity index (χ3n) is 4.85. The van der Waals surface area contributed by atoms with Crippen LogP contribution in [0, 0.1) is 10.1 Å². The number of nitro benzene ring substituents is 1. The van der Waals surface area contributed by atoms with E-state index in [2.05, 4.69) is 4.98 Å². The molecule has 2 aromatic heterocycles. The van der Waals surface area contributed by atoms with Gasteiger partial charge in [-0.2, -0.15) is 0 Å². The number of non-ortho nitro benzene ring substituents is 1. The second-order valence-electron chi connectivity index (χ2n) is 6.47. The number of methoxy groups -OCH3 is 1. The number of ether oxygens (including phenoxy) is 1. The summed E-state index contributed by atoms with van der Waals surface area (Å²) in [4.78, 5) is 39.4. The maximum Gasteiger partial charge on any atom is 0.278 e. The van der Waals surface area contributed by atoms with Crippen LogP contribution < -0.4 is 5.56 Å². The molecule has 0 fully saturated rings. The number of benzene rings is 1. The van der Waals surface area contributed by atoms with E-state index in [1.54, 1.807) is 24.3 Å². The van der Waals surface area contributed by atoms with E-state index in [0.717, 1.165) is 0 Å². The standard InChI is InChI=1S/C19H15N3O6.C2H6/c1-28-9-13-11(17(24)8-23)6-16-18-10(7-21(16)19(13)25)5-12-14(20-18)3-2-4-15(12)22(26)27;1-2/h2-6,8,17,24H,7,9H2,1H3;1-2H3. The van der Waals surface area contributed by atoms with E-state index in [1.807, 2.05) is 13.8 Å². The van der Waals surface area contributed by atoms with Gasteiger partial charge in [0.15, 0.2) is 6.29 Å². The molecule has 0 saturated carbocycles. The van der Waals surface area contributed by atoms with Gasteiger partial charge in [-0.15, -0.1) is 0 Å². The lowest BCUT2D eigenvalue weighted by atomic mass is 10.0. The van der Waals surface area contributed by atoms with Crippen molar-refractivity contribution < 1.29 is 19.6 Å². The number of carbonyl (C=O) groups is 1. The predicted molar refractivity (Wildman–Crippen MR) is 110 cm³/mol. The minimum Gasteiger partial charge on any atom is -0.381 e. The minimum atomic E-state index is -1.46. The van der Waals surface area contributed by atoms with E-state index in [0.29, 0.717) is 34.1 Å². The van der Waals surface area contributed by atoms with E-state index in [4.69, 9.17) is 4.74 Å². The number of carbonyl (C=O) groups excluding carboxylic acids is 1. The lowest BCUT2D eigenvalue weighted by molar-refractivity contribution is -0.383. The minimum absolute atomic E-state index is 0.0590. The summed E-state index contributed by atoms with van der Waals surface area (Å²) < 4.78 is 6.53. The first-order valence-corrected chi connectivity index (χ1v) is 9.42. The first-order valence-electron chi connectivity index (χ1n) is 9.42. The van der Waals surface area contributed by atoms with Crippen LogP contribution in [0.1, 0.15) is 36.6 Å². The van der Waals surface area contributed by atoms with Crippen molar-refractivity contribution in [2.75, 3.05) is 7.11 Å².